The topological polar surface area (TPSA) is 68.2 Å². The van der Waals surface area contributed by atoms with Crippen molar-refractivity contribution in [1.29, 1.82) is 0 Å². The van der Waals surface area contributed by atoms with E-state index < -0.39 is 0 Å². The Morgan fingerprint density at radius 3 is 2.62 bits per heavy atom. The highest BCUT2D eigenvalue weighted by Crippen LogP contribution is 2.24. The molecule has 0 aliphatic heterocycles. The molecular formula is C17H22N2O2. The molecule has 3 N–H and O–H groups in total. The van der Waals surface area contributed by atoms with Gasteiger partial charge >= 0.3 is 0 Å². The number of aliphatic hydroxyl groups excluding tert-OH is 1. The Bertz CT molecular complexity index is 690. The Morgan fingerprint density at radius 1 is 1.19 bits per heavy atom. The van der Waals surface area contributed by atoms with E-state index in [1.54, 1.807) is 10.6 Å². The van der Waals surface area contributed by atoms with Crippen LogP contribution in [0, 0.1) is 13.8 Å². The third-order valence-corrected chi connectivity index (χ3v) is 3.68. The van der Waals surface area contributed by atoms with Gasteiger partial charge in [0.15, 0.2) is 0 Å². The SMILES string of the molecule is Cc1ccc(C)c(-c2ccc(CN)c(=O)n2CCCO)c1. The van der Waals surface area contributed by atoms with Crippen molar-refractivity contribution in [1.82, 2.24) is 4.57 Å². The van der Waals surface area contributed by atoms with E-state index in [1.165, 1.54) is 0 Å². The quantitative estimate of drug-likeness (QED) is 0.883. The molecule has 4 nitrogen and oxygen atoms in total. The highest BCUT2D eigenvalue weighted by molar-refractivity contribution is 5.65. The standard InChI is InChI=1S/C17H22N2O2/c1-12-4-5-13(2)15(10-12)16-7-6-14(11-18)17(21)19(16)8-3-9-20/h4-7,10,20H,3,8-9,11,18H2,1-2H3. The molecule has 0 radical (unpaired) electrons. The Hall–Kier alpha value is -1.91. The van der Waals surface area contributed by atoms with Crippen molar-refractivity contribution in [3.63, 3.8) is 0 Å². The summed E-state index contributed by atoms with van der Waals surface area (Å²) in [7, 11) is 0. The van der Waals surface area contributed by atoms with Crippen LogP contribution >= 0.6 is 0 Å². The van der Waals surface area contributed by atoms with Gasteiger partial charge in [0.25, 0.3) is 5.56 Å². The summed E-state index contributed by atoms with van der Waals surface area (Å²) in [5.74, 6) is 0. The highest BCUT2D eigenvalue weighted by Gasteiger charge is 2.11. The molecule has 2 aromatic rings. The number of rotatable bonds is 5. The second-order valence-corrected chi connectivity index (χ2v) is 5.30. The third-order valence-electron chi connectivity index (χ3n) is 3.68. The van der Waals surface area contributed by atoms with Crippen molar-refractivity contribution >= 4 is 0 Å². The largest absolute Gasteiger partial charge is 0.396 e. The van der Waals surface area contributed by atoms with Crippen molar-refractivity contribution in [3.8, 4) is 11.3 Å². The Balaban J connectivity index is 2.64. The van der Waals surface area contributed by atoms with Crippen molar-refractivity contribution in [2.24, 2.45) is 5.73 Å². The monoisotopic (exact) mass is 286 g/mol. The van der Waals surface area contributed by atoms with Crippen LogP contribution in [0.5, 0.6) is 0 Å². The molecule has 0 aliphatic rings. The van der Waals surface area contributed by atoms with E-state index in [4.69, 9.17) is 10.8 Å². The normalized spacial score (nSPS) is 10.9. The van der Waals surface area contributed by atoms with Gasteiger partial charge in [-0.25, -0.2) is 0 Å². The lowest BCUT2D eigenvalue weighted by Gasteiger charge is -2.16. The van der Waals surface area contributed by atoms with Gasteiger partial charge in [-0.05, 0) is 38.0 Å². The van der Waals surface area contributed by atoms with E-state index in [9.17, 15) is 4.79 Å². The zero-order valence-corrected chi connectivity index (χ0v) is 12.6. The minimum Gasteiger partial charge on any atom is -0.396 e. The van der Waals surface area contributed by atoms with Crippen LogP contribution in [0.1, 0.15) is 23.1 Å². The number of aliphatic hydroxyl groups is 1. The summed E-state index contributed by atoms with van der Waals surface area (Å²) in [6.45, 7) is 4.85. The van der Waals surface area contributed by atoms with Crippen LogP contribution in [-0.2, 0) is 13.1 Å². The van der Waals surface area contributed by atoms with Gasteiger partial charge < -0.3 is 15.4 Å². The van der Waals surface area contributed by atoms with E-state index in [0.717, 1.165) is 22.4 Å². The summed E-state index contributed by atoms with van der Waals surface area (Å²) < 4.78 is 1.72. The smallest absolute Gasteiger partial charge is 0.255 e. The lowest BCUT2D eigenvalue weighted by Crippen LogP contribution is -2.27. The number of nitrogens with two attached hydrogens (primary N) is 1. The fraction of sp³-hybridized carbons (Fsp3) is 0.353. The fourth-order valence-corrected chi connectivity index (χ4v) is 2.48. The predicted molar refractivity (Wildman–Crippen MR) is 85.2 cm³/mol. The summed E-state index contributed by atoms with van der Waals surface area (Å²) in [6.07, 6.45) is 0.547. The molecule has 0 bridgehead atoms. The molecule has 0 atom stereocenters. The predicted octanol–water partition coefficient (Wildman–Crippen LogP) is 1.97. The van der Waals surface area contributed by atoms with Crippen molar-refractivity contribution < 1.29 is 5.11 Å². The molecular weight excluding hydrogens is 264 g/mol. The third kappa shape index (κ3) is 3.23. The zero-order valence-electron chi connectivity index (χ0n) is 12.6. The van der Waals surface area contributed by atoms with Crippen LogP contribution < -0.4 is 11.3 Å². The minimum atomic E-state index is -0.0654. The molecule has 0 fully saturated rings. The summed E-state index contributed by atoms with van der Waals surface area (Å²) in [4.78, 5) is 12.5. The molecule has 0 spiro atoms. The summed E-state index contributed by atoms with van der Waals surface area (Å²) in [5, 5.41) is 9.07. The molecule has 0 saturated carbocycles. The molecule has 4 heteroatoms. The summed E-state index contributed by atoms with van der Waals surface area (Å²) in [6, 6.07) is 9.95. The van der Waals surface area contributed by atoms with Crippen molar-refractivity contribution in [3.05, 3.63) is 57.4 Å². The number of hydrogen-bond acceptors (Lipinski definition) is 3. The van der Waals surface area contributed by atoms with E-state index in [2.05, 4.69) is 18.2 Å². The van der Waals surface area contributed by atoms with Crippen molar-refractivity contribution in [2.45, 2.75) is 33.4 Å². The average Bonchev–Trinajstić information content (AvgIpc) is 2.48. The molecule has 1 heterocycles. The van der Waals surface area contributed by atoms with Crippen LogP contribution in [-0.4, -0.2) is 16.3 Å². The summed E-state index contributed by atoms with van der Waals surface area (Å²) in [5.41, 5.74) is 10.4. The molecule has 21 heavy (non-hydrogen) atoms. The Morgan fingerprint density at radius 2 is 1.95 bits per heavy atom. The number of aromatic nitrogens is 1. The second kappa shape index (κ2) is 6.70. The first-order valence-electron chi connectivity index (χ1n) is 7.19. The molecule has 2 rings (SSSR count). The van der Waals surface area contributed by atoms with E-state index in [1.807, 2.05) is 19.9 Å². The Labute approximate surface area is 124 Å². The number of pyridine rings is 1. The van der Waals surface area contributed by atoms with Gasteiger partial charge in [-0.3, -0.25) is 4.79 Å². The number of hydrogen-bond donors (Lipinski definition) is 2. The maximum absolute atomic E-state index is 12.5. The van der Waals surface area contributed by atoms with Gasteiger partial charge in [-0.1, -0.05) is 23.8 Å². The van der Waals surface area contributed by atoms with Gasteiger partial charge in [-0.2, -0.15) is 0 Å². The first-order chi connectivity index (χ1) is 10.1. The zero-order chi connectivity index (χ0) is 15.4. The lowest BCUT2D eigenvalue weighted by atomic mass is 10.0. The highest BCUT2D eigenvalue weighted by atomic mass is 16.3. The molecule has 0 saturated heterocycles. The van der Waals surface area contributed by atoms with E-state index in [-0.39, 0.29) is 18.7 Å². The van der Waals surface area contributed by atoms with Gasteiger partial charge in [-0.15, -0.1) is 0 Å². The number of benzene rings is 1. The first kappa shape index (κ1) is 15.5. The maximum Gasteiger partial charge on any atom is 0.255 e. The van der Waals surface area contributed by atoms with E-state index in [0.29, 0.717) is 18.5 Å². The average molecular weight is 286 g/mol. The van der Waals surface area contributed by atoms with Gasteiger partial charge in [0.1, 0.15) is 0 Å². The van der Waals surface area contributed by atoms with Crippen LogP contribution in [0.15, 0.2) is 35.1 Å². The molecule has 112 valence electrons. The number of nitrogens with zero attached hydrogens (tertiary/aromatic N) is 1. The Kier molecular flexibility index (Phi) is 4.94. The van der Waals surface area contributed by atoms with Crippen LogP contribution in [0.25, 0.3) is 11.3 Å². The molecule has 1 aromatic carbocycles. The molecule has 1 aromatic heterocycles. The minimum absolute atomic E-state index is 0.0610. The summed E-state index contributed by atoms with van der Waals surface area (Å²) >= 11 is 0. The van der Waals surface area contributed by atoms with Crippen LogP contribution in [0.3, 0.4) is 0 Å². The number of aryl methyl sites for hydroxylation is 2. The molecule has 0 amide bonds. The van der Waals surface area contributed by atoms with E-state index >= 15 is 0 Å². The maximum atomic E-state index is 12.5. The van der Waals surface area contributed by atoms with Gasteiger partial charge in [0.05, 0.1) is 5.69 Å². The van der Waals surface area contributed by atoms with Crippen molar-refractivity contribution in [2.75, 3.05) is 6.61 Å². The fourth-order valence-electron chi connectivity index (χ4n) is 2.48. The first-order valence-corrected chi connectivity index (χ1v) is 7.19. The van der Waals surface area contributed by atoms with Gasteiger partial charge in [0, 0.05) is 30.8 Å². The molecule has 0 unspecified atom stereocenters. The van der Waals surface area contributed by atoms with Gasteiger partial charge in [0.2, 0.25) is 0 Å². The molecule has 0 aliphatic carbocycles. The lowest BCUT2D eigenvalue weighted by molar-refractivity contribution is 0.279. The second-order valence-electron chi connectivity index (χ2n) is 5.30. The van der Waals surface area contributed by atoms with Crippen LogP contribution in [0.4, 0.5) is 0 Å². The van der Waals surface area contributed by atoms with Crippen LogP contribution in [0.2, 0.25) is 0 Å².